The van der Waals surface area contributed by atoms with Crippen molar-refractivity contribution in [1.82, 2.24) is 0 Å². The number of benzene rings is 2. The zero-order chi connectivity index (χ0) is 19.4. The van der Waals surface area contributed by atoms with Crippen LogP contribution in [0, 0.1) is 5.82 Å². The van der Waals surface area contributed by atoms with Gasteiger partial charge in [0.25, 0.3) is 0 Å². The molecular weight excluding hydrogens is 369 g/mol. The summed E-state index contributed by atoms with van der Waals surface area (Å²) in [7, 11) is 0. The van der Waals surface area contributed by atoms with E-state index in [0.29, 0.717) is 5.75 Å². The zero-order valence-corrected chi connectivity index (χ0v) is 15.5. The fourth-order valence-electron chi connectivity index (χ4n) is 2.76. The van der Waals surface area contributed by atoms with Crippen LogP contribution in [0.1, 0.15) is 23.7 Å². The Labute approximate surface area is 160 Å². The van der Waals surface area contributed by atoms with Crippen LogP contribution in [0.15, 0.2) is 53.4 Å². The molecule has 2 aromatic rings. The van der Waals surface area contributed by atoms with E-state index in [9.17, 15) is 18.8 Å². The Kier molecular flexibility index (Phi) is 5.91. The number of anilines is 1. The lowest BCUT2D eigenvalue weighted by Gasteiger charge is -2.28. The van der Waals surface area contributed by atoms with Gasteiger partial charge in [0.1, 0.15) is 5.82 Å². The first-order chi connectivity index (χ1) is 13.0. The SMILES string of the molecule is C[C@@H](OC(=O)CCN1C(=O)CSc2ccccc21)C(=O)c1ccc(F)cc1. The number of rotatable bonds is 6. The maximum Gasteiger partial charge on any atom is 0.308 e. The lowest BCUT2D eigenvalue weighted by molar-refractivity contribution is -0.146. The third kappa shape index (κ3) is 4.54. The second-order valence-electron chi connectivity index (χ2n) is 6.06. The predicted molar refractivity (Wildman–Crippen MR) is 100 cm³/mol. The quantitative estimate of drug-likeness (QED) is 0.561. The van der Waals surface area contributed by atoms with E-state index >= 15 is 0 Å². The molecule has 5 nitrogen and oxygen atoms in total. The number of nitrogens with zero attached hydrogens (tertiary/aromatic N) is 1. The molecule has 2 aromatic carbocycles. The van der Waals surface area contributed by atoms with Gasteiger partial charge >= 0.3 is 5.97 Å². The van der Waals surface area contributed by atoms with Gasteiger partial charge in [0.2, 0.25) is 11.7 Å². The largest absolute Gasteiger partial charge is 0.454 e. The van der Waals surface area contributed by atoms with Crippen molar-refractivity contribution in [1.29, 1.82) is 0 Å². The first-order valence-electron chi connectivity index (χ1n) is 8.47. The van der Waals surface area contributed by atoms with Crippen molar-refractivity contribution in [2.24, 2.45) is 0 Å². The van der Waals surface area contributed by atoms with Crippen LogP contribution in [0.4, 0.5) is 10.1 Å². The molecule has 1 atom stereocenters. The Morgan fingerprint density at radius 1 is 1.19 bits per heavy atom. The van der Waals surface area contributed by atoms with Crippen LogP contribution in [-0.4, -0.2) is 36.1 Å². The van der Waals surface area contributed by atoms with E-state index in [1.807, 2.05) is 24.3 Å². The van der Waals surface area contributed by atoms with Crippen molar-refractivity contribution in [2.45, 2.75) is 24.3 Å². The third-order valence-electron chi connectivity index (χ3n) is 4.15. The summed E-state index contributed by atoms with van der Waals surface area (Å²) in [5.41, 5.74) is 1.05. The molecule has 0 spiro atoms. The summed E-state index contributed by atoms with van der Waals surface area (Å²) in [4.78, 5) is 39.1. The van der Waals surface area contributed by atoms with Crippen LogP contribution < -0.4 is 4.90 Å². The van der Waals surface area contributed by atoms with Crippen molar-refractivity contribution >= 4 is 35.1 Å². The highest BCUT2D eigenvalue weighted by atomic mass is 32.2. The predicted octanol–water partition coefficient (Wildman–Crippen LogP) is 3.47. The molecule has 1 aliphatic rings. The smallest absolute Gasteiger partial charge is 0.308 e. The van der Waals surface area contributed by atoms with Crippen molar-refractivity contribution < 1.29 is 23.5 Å². The highest BCUT2D eigenvalue weighted by Crippen LogP contribution is 2.34. The van der Waals surface area contributed by atoms with Gasteiger partial charge in [-0.3, -0.25) is 14.4 Å². The topological polar surface area (TPSA) is 63.7 Å². The zero-order valence-electron chi connectivity index (χ0n) is 14.7. The van der Waals surface area contributed by atoms with Crippen LogP contribution >= 0.6 is 11.8 Å². The number of ether oxygens (including phenoxy) is 1. The summed E-state index contributed by atoms with van der Waals surface area (Å²) in [5.74, 6) is -1.16. The Balaban J connectivity index is 1.57. The molecule has 0 saturated carbocycles. The van der Waals surface area contributed by atoms with Crippen molar-refractivity contribution in [2.75, 3.05) is 17.2 Å². The number of Topliss-reactive ketones (excluding diaryl/α,β-unsaturated/α-hetero) is 1. The van der Waals surface area contributed by atoms with E-state index in [0.717, 1.165) is 10.6 Å². The summed E-state index contributed by atoms with van der Waals surface area (Å²) in [6.07, 6.45) is -1.01. The van der Waals surface area contributed by atoms with E-state index in [1.165, 1.54) is 43.0 Å². The van der Waals surface area contributed by atoms with E-state index in [2.05, 4.69) is 0 Å². The van der Waals surface area contributed by atoms with Gasteiger partial charge in [-0.15, -0.1) is 11.8 Å². The van der Waals surface area contributed by atoms with E-state index in [-0.39, 0.29) is 24.4 Å². The molecule has 0 aromatic heterocycles. The van der Waals surface area contributed by atoms with Crippen molar-refractivity contribution in [3.63, 3.8) is 0 Å². The molecule has 0 unspecified atom stereocenters. The first-order valence-corrected chi connectivity index (χ1v) is 9.45. The Hall–Kier alpha value is -2.67. The van der Waals surface area contributed by atoms with Gasteiger partial charge in [-0.1, -0.05) is 12.1 Å². The number of para-hydroxylation sites is 1. The van der Waals surface area contributed by atoms with Crippen LogP contribution in [0.5, 0.6) is 0 Å². The van der Waals surface area contributed by atoms with E-state index < -0.39 is 23.7 Å². The fraction of sp³-hybridized carbons (Fsp3) is 0.250. The summed E-state index contributed by atoms with van der Waals surface area (Å²) >= 11 is 1.47. The number of fused-ring (bicyclic) bond motifs is 1. The van der Waals surface area contributed by atoms with Crippen molar-refractivity contribution in [3.05, 3.63) is 59.9 Å². The average Bonchev–Trinajstić information content (AvgIpc) is 2.67. The van der Waals surface area contributed by atoms with Gasteiger partial charge in [0.15, 0.2) is 6.10 Å². The van der Waals surface area contributed by atoms with E-state index in [4.69, 9.17) is 4.74 Å². The molecule has 0 saturated heterocycles. The summed E-state index contributed by atoms with van der Waals surface area (Å²) in [5, 5.41) is 0. The molecule has 0 aliphatic carbocycles. The summed E-state index contributed by atoms with van der Waals surface area (Å²) in [6.45, 7) is 1.66. The molecule has 140 valence electrons. The number of hydrogen-bond donors (Lipinski definition) is 0. The van der Waals surface area contributed by atoms with Gasteiger partial charge in [-0.2, -0.15) is 0 Å². The fourth-order valence-corrected chi connectivity index (χ4v) is 3.70. The number of esters is 1. The van der Waals surface area contributed by atoms with Gasteiger partial charge < -0.3 is 9.64 Å². The van der Waals surface area contributed by atoms with Crippen LogP contribution in [0.3, 0.4) is 0 Å². The number of thioether (sulfide) groups is 1. The van der Waals surface area contributed by atoms with Crippen molar-refractivity contribution in [3.8, 4) is 0 Å². The molecule has 0 bridgehead atoms. The Morgan fingerprint density at radius 3 is 2.63 bits per heavy atom. The first kappa shape index (κ1) is 19.1. The molecule has 0 N–H and O–H groups in total. The van der Waals surface area contributed by atoms with Crippen LogP contribution in [0.25, 0.3) is 0 Å². The number of halogens is 1. The monoisotopic (exact) mass is 387 g/mol. The number of ketones is 1. The average molecular weight is 387 g/mol. The molecule has 1 amide bonds. The second-order valence-corrected chi connectivity index (χ2v) is 7.07. The van der Waals surface area contributed by atoms with Gasteiger partial charge in [0.05, 0.1) is 17.9 Å². The maximum absolute atomic E-state index is 12.9. The molecule has 27 heavy (non-hydrogen) atoms. The molecule has 0 fully saturated rings. The Bertz CT molecular complexity index is 869. The number of carbonyl (C=O) groups excluding carboxylic acids is 3. The molecule has 7 heteroatoms. The van der Waals surface area contributed by atoms with E-state index in [1.54, 1.807) is 4.90 Å². The van der Waals surface area contributed by atoms with Crippen LogP contribution in [0.2, 0.25) is 0 Å². The summed E-state index contributed by atoms with van der Waals surface area (Å²) in [6, 6.07) is 12.6. The minimum absolute atomic E-state index is 0.0220. The van der Waals surface area contributed by atoms with Gasteiger partial charge in [-0.25, -0.2) is 4.39 Å². The number of hydrogen-bond acceptors (Lipinski definition) is 5. The highest BCUT2D eigenvalue weighted by Gasteiger charge is 2.26. The minimum atomic E-state index is -0.983. The normalized spacial score (nSPS) is 14.4. The van der Waals surface area contributed by atoms with Gasteiger partial charge in [0, 0.05) is 17.0 Å². The molecule has 1 heterocycles. The molecule has 0 radical (unpaired) electrons. The third-order valence-corrected chi connectivity index (χ3v) is 5.20. The maximum atomic E-state index is 12.9. The van der Waals surface area contributed by atoms with Crippen LogP contribution in [-0.2, 0) is 14.3 Å². The van der Waals surface area contributed by atoms with Gasteiger partial charge in [-0.05, 0) is 43.3 Å². The molecular formula is C20H18FNO4S. The standard InChI is InChI=1S/C20H18FNO4S/c1-13(20(25)14-6-8-15(21)9-7-14)26-19(24)10-11-22-16-4-2-3-5-17(16)27-12-18(22)23/h2-9,13H,10-12H2,1H3/t13-/m1/s1. The molecule has 1 aliphatic heterocycles. The lowest BCUT2D eigenvalue weighted by atomic mass is 10.1. The molecule has 3 rings (SSSR count). The number of amides is 1. The summed E-state index contributed by atoms with van der Waals surface area (Å²) < 4.78 is 18.1. The minimum Gasteiger partial charge on any atom is -0.454 e. The highest BCUT2D eigenvalue weighted by molar-refractivity contribution is 8.00. The Morgan fingerprint density at radius 2 is 1.89 bits per heavy atom. The second kappa shape index (κ2) is 8.35. The lowest BCUT2D eigenvalue weighted by Crippen LogP contribution is -2.37. The number of carbonyl (C=O) groups is 3.